The Morgan fingerprint density at radius 1 is 0.844 bits per heavy atom. The molecule has 5 nitrogen and oxygen atoms in total. The fourth-order valence-corrected chi connectivity index (χ4v) is 6.27. The van der Waals surface area contributed by atoms with Crippen molar-refractivity contribution < 1.29 is 19.1 Å². The molecular weight excluding hydrogens is 402 g/mol. The highest BCUT2D eigenvalue weighted by atomic mass is 16.5. The summed E-state index contributed by atoms with van der Waals surface area (Å²) in [5, 5.41) is 0. The maximum atomic E-state index is 13.9. The van der Waals surface area contributed by atoms with Crippen LogP contribution in [0.15, 0.2) is 72.8 Å². The van der Waals surface area contributed by atoms with Gasteiger partial charge in [0.05, 0.1) is 30.2 Å². The number of carbonyl (C=O) groups is 3. The molecule has 1 aliphatic heterocycles. The summed E-state index contributed by atoms with van der Waals surface area (Å²) in [6, 6.07) is 22.9. The van der Waals surface area contributed by atoms with E-state index >= 15 is 0 Å². The molecule has 4 aliphatic rings. The highest BCUT2D eigenvalue weighted by Gasteiger charge is 2.66. The Morgan fingerprint density at radius 2 is 1.41 bits per heavy atom. The number of rotatable bonds is 2. The molecule has 1 fully saturated rings. The molecule has 2 bridgehead atoms. The van der Waals surface area contributed by atoms with Gasteiger partial charge in [-0.3, -0.25) is 9.59 Å². The first-order valence-electron chi connectivity index (χ1n) is 10.7. The molecule has 1 saturated heterocycles. The average molecular weight is 423 g/mol. The van der Waals surface area contributed by atoms with Crippen LogP contribution in [0.1, 0.15) is 45.5 Å². The summed E-state index contributed by atoms with van der Waals surface area (Å²) in [4.78, 5) is 40.8. The van der Waals surface area contributed by atoms with E-state index < -0.39 is 23.2 Å². The molecular formula is C27H21NO4. The number of carbonyl (C=O) groups excluding carboxylic acids is 3. The predicted molar refractivity (Wildman–Crippen MR) is 118 cm³/mol. The molecule has 158 valence electrons. The summed E-state index contributed by atoms with van der Waals surface area (Å²) in [5.74, 6) is -1.87. The van der Waals surface area contributed by atoms with E-state index in [1.807, 2.05) is 24.3 Å². The van der Waals surface area contributed by atoms with E-state index in [4.69, 9.17) is 4.74 Å². The minimum atomic E-state index is -0.583. The molecule has 0 spiro atoms. The number of esters is 1. The zero-order chi connectivity index (χ0) is 22.2. The van der Waals surface area contributed by atoms with Gasteiger partial charge in [-0.15, -0.1) is 0 Å². The van der Waals surface area contributed by atoms with Gasteiger partial charge in [-0.25, -0.2) is 9.69 Å². The van der Waals surface area contributed by atoms with E-state index in [9.17, 15) is 14.4 Å². The summed E-state index contributed by atoms with van der Waals surface area (Å²) >= 11 is 0. The van der Waals surface area contributed by atoms with Crippen LogP contribution in [0.2, 0.25) is 0 Å². The number of nitrogens with zero attached hydrogens (tertiary/aromatic N) is 1. The topological polar surface area (TPSA) is 63.7 Å². The van der Waals surface area contributed by atoms with Gasteiger partial charge in [-0.05, 0) is 46.5 Å². The van der Waals surface area contributed by atoms with Gasteiger partial charge < -0.3 is 4.74 Å². The minimum absolute atomic E-state index is 0.148. The van der Waals surface area contributed by atoms with E-state index in [1.165, 1.54) is 12.0 Å². The first-order chi connectivity index (χ1) is 15.5. The molecule has 3 aliphatic carbocycles. The Bertz CT molecular complexity index is 1260. The largest absolute Gasteiger partial charge is 0.465 e. The molecule has 3 aromatic carbocycles. The number of benzene rings is 3. The van der Waals surface area contributed by atoms with Crippen LogP contribution >= 0.6 is 0 Å². The van der Waals surface area contributed by atoms with E-state index in [-0.39, 0.29) is 17.7 Å². The Labute approximate surface area is 185 Å². The van der Waals surface area contributed by atoms with Crippen LogP contribution in [0.25, 0.3) is 0 Å². The second kappa shape index (κ2) is 6.39. The van der Waals surface area contributed by atoms with Crippen molar-refractivity contribution in [1.29, 1.82) is 0 Å². The Hall–Kier alpha value is -3.73. The first-order valence-corrected chi connectivity index (χ1v) is 10.7. The van der Waals surface area contributed by atoms with Crippen LogP contribution in [0.4, 0.5) is 5.69 Å². The third-order valence-corrected chi connectivity index (χ3v) is 7.59. The molecule has 2 atom stereocenters. The number of methoxy groups -OCH3 is 1. The monoisotopic (exact) mass is 423 g/mol. The molecule has 0 aromatic heterocycles. The summed E-state index contributed by atoms with van der Waals surface area (Å²) in [6.07, 6.45) is 0. The van der Waals surface area contributed by atoms with Crippen molar-refractivity contribution in [2.75, 3.05) is 12.0 Å². The highest BCUT2D eigenvalue weighted by Crippen LogP contribution is 2.64. The SMILES string of the molecule is COC(=O)c1ccc(N2C(=O)[C@H]3C4c5ccccc5C(C)(c5ccccc54)[C@H]3C2=O)cc1. The zero-order valence-corrected chi connectivity index (χ0v) is 17.7. The van der Waals surface area contributed by atoms with Crippen LogP contribution in [0.3, 0.4) is 0 Å². The van der Waals surface area contributed by atoms with E-state index in [0.29, 0.717) is 11.3 Å². The van der Waals surface area contributed by atoms with Gasteiger partial charge in [-0.1, -0.05) is 55.5 Å². The summed E-state index contributed by atoms with van der Waals surface area (Å²) in [7, 11) is 1.32. The van der Waals surface area contributed by atoms with Gasteiger partial charge in [0.25, 0.3) is 0 Å². The lowest BCUT2D eigenvalue weighted by atomic mass is 9.48. The number of anilines is 1. The molecule has 0 N–H and O–H groups in total. The van der Waals surface area contributed by atoms with E-state index in [0.717, 1.165) is 22.3 Å². The zero-order valence-electron chi connectivity index (χ0n) is 17.7. The molecule has 5 heteroatoms. The maximum Gasteiger partial charge on any atom is 0.337 e. The van der Waals surface area contributed by atoms with Gasteiger partial charge in [0.2, 0.25) is 11.8 Å². The number of ether oxygens (including phenoxy) is 1. The lowest BCUT2D eigenvalue weighted by Crippen LogP contribution is -2.51. The fourth-order valence-electron chi connectivity index (χ4n) is 6.27. The fraction of sp³-hybridized carbons (Fsp3) is 0.222. The lowest BCUT2D eigenvalue weighted by molar-refractivity contribution is -0.123. The normalized spacial score (nSPS) is 27.1. The molecule has 1 heterocycles. The third-order valence-electron chi connectivity index (χ3n) is 7.59. The van der Waals surface area contributed by atoms with Gasteiger partial charge in [0.15, 0.2) is 0 Å². The average Bonchev–Trinajstić information content (AvgIpc) is 3.10. The molecule has 2 amide bonds. The summed E-state index contributed by atoms with van der Waals surface area (Å²) in [5.41, 5.74) is 4.82. The molecule has 0 unspecified atom stereocenters. The van der Waals surface area contributed by atoms with Gasteiger partial charge in [0, 0.05) is 11.3 Å². The Morgan fingerprint density at radius 3 is 1.97 bits per heavy atom. The Kier molecular flexibility index (Phi) is 3.79. The van der Waals surface area contributed by atoms with Crippen molar-refractivity contribution in [2.45, 2.75) is 18.3 Å². The standard InChI is InChI=1S/C27H21NO4/c1-27-19-9-5-3-7-17(19)21(18-8-4-6-10-20(18)27)22-23(27)25(30)28(24(22)29)16-13-11-15(12-14-16)26(31)32-2/h3-14,21-23H,1-2H3/t21?,22-,23+,27?/m0/s1. The third kappa shape index (κ3) is 2.15. The molecule has 0 radical (unpaired) electrons. The van der Waals surface area contributed by atoms with Crippen LogP contribution in [-0.2, 0) is 19.7 Å². The smallest absolute Gasteiger partial charge is 0.337 e. The van der Waals surface area contributed by atoms with Crippen molar-refractivity contribution in [2.24, 2.45) is 11.8 Å². The van der Waals surface area contributed by atoms with Gasteiger partial charge in [0.1, 0.15) is 0 Å². The van der Waals surface area contributed by atoms with E-state index in [2.05, 4.69) is 31.2 Å². The number of imide groups is 1. The number of amides is 2. The Balaban J connectivity index is 1.52. The highest BCUT2D eigenvalue weighted by molar-refractivity contribution is 6.23. The van der Waals surface area contributed by atoms with E-state index in [1.54, 1.807) is 24.3 Å². The first kappa shape index (κ1) is 19.0. The number of hydrogen-bond acceptors (Lipinski definition) is 4. The van der Waals surface area contributed by atoms with Crippen molar-refractivity contribution in [3.8, 4) is 0 Å². The second-order valence-electron chi connectivity index (χ2n) is 8.91. The second-order valence-corrected chi connectivity index (χ2v) is 8.91. The van der Waals surface area contributed by atoms with Crippen LogP contribution in [-0.4, -0.2) is 24.9 Å². The van der Waals surface area contributed by atoms with Crippen molar-refractivity contribution >= 4 is 23.5 Å². The molecule has 32 heavy (non-hydrogen) atoms. The van der Waals surface area contributed by atoms with Crippen molar-refractivity contribution in [3.05, 3.63) is 101 Å². The molecule has 7 rings (SSSR count). The summed E-state index contributed by atoms with van der Waals surface area (Å²) < 4.78 is 4.76. The minimum Gasteiger partial charge on any atom is -0.465 e. The van der Waals surface area contributed by atoms with Crippen molar-refractivity contribution in [3.63, 3.8) is 0 Å². The predicted octanol–water partition coefficient (Wildman–Crippen LogP) is 4.04. The van der Waals surface area contributed by atoms with Crippen LogP contribution in [0.5, 0.6) is 0 Å². The molecule has 0 saturated carbocycles. The van der Waals surface area contributed by atoms with Gasteiger partial charge >= 0.3 is 5.97 Å². The van der Waals surface area contributed by atoms with Gasteiger partial charge in [-0.2, -0.15) is 0 Å². The lowest BCUT2D eigenvalue weighted by Gasteiger charge is -2.52. The van der Waals surface area contributed by atoms with Crippen LogP contribution < -0.4 is 4.90 Å². The number of hydrogen-bond donors (Lipinski definition) is 0. The molecule has 3 aromatic rings. The quantitative estimate of drug-likeness (QED) is 0.461. The maximum absolute atomic E-state index is 13.9. The summed E-state index contributed by atoms with van der Waals surface area (Å²) in [6.45, 7) is 2.10. The van der Waals surface area contributed by atoms with Crippen LogP contribution in [0, 0.1) is 11.8 Å². The van der Waals surface area contributed by atoms with Crippen molar-refractivity contribution in [1.82, 2.24) is 0 Å².